The standard InChI is InChI=1S/C26H26ClFN4O3/c27-19-4-3-5-20(15-19)30-26(33)29-16-23(18-8-9-24-25(14-18)35-17-34-24)32-12-10-31(11-13-32)22-7-2-1-6-21(22)28/h1-9,14-15,23H,10-13,16-17H2,(H2,29,30,33)/t23-/m0/s1. The number of halogens is 2. The molecule has 9 heteroatoms. The third kappa shape index (κ3) is 5.44. The monoisotopic (exact) mass is 496 g/mol. The molecule has 7 nitrogen and oxygen atoms in total. The number of fused-ring (bicyclic) bond motifs is 1. The molecule has 182 valence electrons. The lowest BCUT2D eigenvalue weighted by molar-refractivity contribution is 0.173. The number of para-hydroxylation sites is 1. The number of carbonyl (C=O) groups is 1. The van der Waals surface area contributed by atoms with Crippen molar-refractivity contribution in [2.45, 2.75) is 6.04 Å². The Balaban J connectivity index is 1.29. The summed E-state index contributed by atoms with van der Waals surface area (Å²) in [6.45, 7) is 3.36. The number of hydrogen-bond donors (Lipinski definition) is 2. The lowest BCUT2D eigenvalue weighted by Crippen LogP contribution is -2.50. The fourth-order valence-electron chi connectivity index (χ4n) is 4.49. The van der Waals surface area contributed by atoms with Crippen LogP contribution in [-0.4, -0.2) is 50.4 Å². The molecule has 35 heavy (non-hydrogen) atoms. The van der Waals surface area contributed by atoms with Crippen LogP contribution in [0.4, 0.5) is 20.6 Å². The summed E-state index contributed by atoms with van der Waals surface area (Å²) in [5.74, 6) is 1.19. The van der Waals surface area contributed by atoms with Gasteiger partial charge in [-0.3, -0.25) is 4.90 Å². The minimum Gasteiger partial charge on any atom is -0.454 e. The average molecular weight is 497 g/mol. The van der Waals surface area contributed by atoms with Crippen LogP contribution >= 0.6 is 11.6 Å². The molecule has 0 bridgehead atoms. The summed E-state index contributed by atoms with van der Waals surface area (Å²) < 4.78 is 25.3. The Morgan fingerprint density at radius 1 is 0.971 bits per heavy atom. The molecule has 0 aliphatic carbocycles. The number of piperazine rings is 1. The van der Waals surface area contributed by atoms with Crippen LogP contribution in [0.5, 0.6) is 11.5 Å². The zero-order valence-corrected chi connectivity index (χ0v) is 19.8. The van der Waals surface area contributed by atoms with Gasteiger partial charge in [-0.05, 0) is 48.0 Å². The van der Waals surface area contributed by atoms with Gasteiger partial charge in [-0.25, -0.2) is 9.18 Å². The molecule has 3 aromatic rings. The maximum Gasteiger partial charge on any atom is 0.319 e. The first kappa shape index (κ1) is 23.3. The van der Waals surface area contributed by atoms with E-state index < -0.39 is 0 Å². The van der Waals surface area contributed by atoms with Gasteiger partial charge < -0.3 is 25.0 Å². The van der Waals surface area contributed by atoms with E-state index in [1.807, 2.05) is 30.3 Å². The van der Waals surface area contributed by atoms with E-state index in [1.54, 1.807) is 30.3 Å². The third-order valence-electron chi connectivity index (χ3n) is 6.27. The fourth-order valence-corrected chi connectivity index (χ4v) is 4.68. The van der Waals surface area contributed by atoms with Crippen molar-refractivity contribution >= 4 is 29.0 Å². The van der Waals surface area contributed by atoms with E-state index in [2.05, 4.69) is 20.4 Å². The summed E-state index contributed by atoms with van der Waals surface area (Å²) in [6.07, 6.45) is 0. The second-order valence-electron chi connectivity index (χ2n) is 8.45. The van der Waals surface area contributed by atoms with Gasteiger partial charge >= 0.3 is 6.03 Å². The summed E-state index contributed by atoms with van der Waals surface area (Å²) in [4.78, 5) is 17.0. The summed E-state index contributed by atoms with van der Waals surface area (Å²) in [6, 6.07) is 19.3. The molecule has 1 fully saturated rings. The number of nitrogens with zero attached hydrogens (tertiary/aromatic N) is 2. The predicted molar refractivity (Wildman–Crippen MR) is 134 cm³/mol. The number of benzene rings is 3. The Hall–Kier alpha value is -3.49. The minimum absolute atomic E-state index is 0.0996. The largest absolute Gasteiger partial charge is 0.454 e. The number of urea groups is 1. The Kier molecular flexibility index (Phi) is 6.92. The van der Waals surface area contributed by atoms with Crippen molar-refractivity contribution in [3.8, 4) is 11.5 Å². The number of hydrogen-bond acceptors (Lipinski definition) is 5. The molecule has 1 saturated heterocycles. The van der Waals surface area contributed by atoms with E-state index >= 15 is 0 Å². The lowest BCUT2D eigenvalue weighted by Gasteiger charge is -2.40. The van der Waals surface area contributed by atoms with Crippen LogP contribution in [0.25, 0.3) is 0 Å². The molecule has 1 atom stereocenters. The van der Waals surface area contributed by atoms with Crippen molar-refractivity contribution < 1.29 is 18.7 Å². The Morgan fingerprint density at radius 3 is 2.57 bits per heavy atom. The highest BCUT2D eigenvalue weighted by atomic mass is 35.5. The molecular weight excluding hydrogens is 471 g/mol. The highest BCUT2D eigenvalue weighted by Crippen LogP contribution is 2.36. The number of nitrogens with one attached hydrogen (secondary N) is 2. The van der Waals surface area contributed by atoms with Crippen molar-refractivity contribution in [1.82, 2.24) is 10.2 Å². The van der Waals surface area contributed by atoms with Gasteiger partial charge in [0, 0.05) is 43.4 Å². The van der Waals surface area contributed by atoms with E-state index in [-0.39, 0.29) is 24.7 Å². The highest BCUT2D eigenvalue weighted by molar-refractivity contribution is 6.30. The molecule has 2 amide bonds. The molecule has 2 N–H and O–H groups in total. The van der Waals surface area contributed by atoms with E-state index in [9.17, 15) is 9.18 Å². The molecule has 5 rings (SSSR count). The zero-order valence-electron chi connectivity index (χ0n) is 19.0. The first-order chi connectivity index (χ1) is 17.1. The van der Waals surface area contributed by atoms with E-state index in [0.29, 0.717) is 60.6 Å². The van der Waals surface area contributed by atoms with E-state index in [4.69, 9.17) is 21.1 Å². The topological polar surface area (TPSA) is 66.1 Å². The van der Waals surface area contributed by atoms with Crippen molar-refractivity contribution in [3.05, 3.63) is 83.1 Å². The lowest BCUT2D eigenvalue weighted by atomic mass is 10.0. The molecule has 3 aromatic carbocycles. The van der Waals surface area contributed by atoms with Crippen LogP contribution < -0.4 is 25.0 Å². The van der Waals surface area contributed by atoms with Gasteiger partial charge in [0.05, 0.1) is 11.7 Å². The van der Waals surface area contributed by atoms with Crippen LogP contribution in [0, 0.1) is 5.82 Å². The highest BCUT2D eigenvalue weighted by Gasteiger charge is 2.28. The molecule has 0 aromatic heterocycles. The number of anilines is 2. The van der Waals surface area contributed by atoms with Gasteiger partial charge in [-0.1, -0.05) is 35.9 Å². The van der Waals surface area contributed by atoms with Crippen molar-refractivity contribution in [3.63, 3.8) is 0 Å². The van der Waals surface area contributed by atoms with Gasteiger partial charge in [0.15, 0.2) is 11.5 Å². The smallest absolute Gasteiger partial charge is 0.319 e. The zero-order chi connectivity index (χ0) is 24.2. The van der Waals surface area contributed by atoms with Gasteiger partial charge in [0.25, 0.3) is 0 Å². The van der Waals surface area contributed by atoms with Gasteiger partial charge in [0.1, 0.15) is 5.82 Å². The number of carbonyl (C=O) groups excluding carboxylic acids is 1. The Morgan fingerprint density at radius 2 is 1.77 bits per heavy atom. The minimum atomic E-state index is -0.317. The van der Waals surface area contributed by atoms with Crippen LogP contribution in [0.3, 0.4) is 0 Å². The van der Waals surface area contributed by atoms with Crippen molar-refractivity contribution in [2.24, 2.45) is 0 Å². The number of amides is 2. The SMILES string of the molecule is O=C(NC[C@@H](c1ccc2c(c1)OCO2)N1CCN(c2ccccc2F)CC1)Nc1cccc(Cl)c1. The van der Waals surface area contributed by atoms with Crippen molar-refractivity contribution in [2.75, 3.05) is 49.7 Å². The van der Waals surface area contributed by atoms with Crippen molar-refractivity contribution in [1.29, 1.82) is 0 Å². The third-order valence-corrected chi connectivity index (χ3v) is 6.50. The molecule has 2 aliphatic rings. The summed E-state index contributed by atoms with van der Waals surface area (Å²) in [5.41, 5.74) is 2.25. The molecule has 2 heterocycles. The molecule has 0 saturated carbocycles. The quantitative estimate of drug-likeness (QED) is 0.508. The van der Waals surface area contributed by atoms with Crippen LogP contribution in [0.2, 0.25) is 5.02 Å². The second-order valence-corrected chi connectivity index (χ2v) is 8.88. The van der Waals surface area contributed by atoms with Crippen LogP contribution in [0.1, 0.15) is 11.6 Å². The summed E-state index contributed by atoms with van der Waals surface area (Å²) in [5, 5.41) is 6.36. The predicted octanol–water partition coefficient (Wildman–Crippen LogP) is 4.89. The molecular formula is C26H26ClFN4O3. The fraction of sp³-hybridized carbons (Fsp3) is 0.269. The van der Waals surface area contributed by atoms with Crippen LogP contribution in [0.15, 0.2) is 66.7 Å². The first-order valence-electron chi connectivity index (χ1n) is 11.5. The maximum absolute atomic E-state index is 14.3. The van der Waals surface area contributed by atoms with Crippen LogP contribution in [-0.2, 0) is 0 Å². The molecule has 0 unspecified atom stereocenters. The Bertz CT molecular complexity index is 1200. The van der Waals surface area contributed by atoms with E-state index in [0.717, 1.165) is 5.56 Å². The van der Waals surface area contributed by atoms with Gasteiger partial charge in [-0.2, -0.15) is 0 Å². The normalized spacial score (nSPS) is 16.1. The number of ether oxygens (including phenoxy) is 2. The second kappa shape index (κ2) is 10.4. The average Bonchev–Trinajstić information content (AvgIpc) is 3.33. The summed E-state index contributed by atoms with van der Waals surface area (Å²) >= 11 is 6.02. The molecule has 0 radical (unpaired) electrons. The molecule has 0 spiro atoms. The van der Waals surface area contributed by atoms with Gasteiger partial charge in [0.2, 0.25) is 6.79 Å². The molecule has 2 aliphatic heterocycles. The Labute approximate surface area is 208 Å². The van der Waals surface area contributed by atoms with Gasteiger partial charge in [-0.15, -0.1) is 0 Å². The summed E-state index contributed by atoms with van der Waals surface area (Å²) in [7, 11) is 0. The first-order valence-corrected chi connectivity index (χ1v) is 11.9. The maximum atomic E-state index is 14.3. The number of rotatable bonds is 6. The van der Waals surface area contributed by atoms with E-state index in [1.165, 1.54) is 6.07 Å².